The number of hydrogen-bond donors (Lipinski definition) is 0. The molecule has 0 heterocycles. The number of ether oxygens (including phenoxy) is 3. The standard InChI is InChI=1S/C68H118O6/c1-4-7-10-13-16-19-22-25-27-29-30-31-32-33-34-35-36-37-38-40-41-43-46-49-52-55-58-61-67(70)73-64-65(63-72-66(69)60-57-54-51-48-45-24-21-18-15-12-9-6-3)74-68(71)62-59-56-53-50-47-44-42-39-28-26-23-20-17-14-11-8-5-2/h8,11,17,20,22,25-26,28-30,42,44,50,53,65H,4-7,9-10,12-16,18-19,21,23-24,27,31-41,43,45-49,51-52,54-64H2,1-3H3/b11-8-,20-17-,25-22-,28-26-,30-29-,44-42-,53-50-. The minimum Gasteiger partial charge on any atom is -0.462 e. The van der Waals surface area contributed by atoms with Crippen LogP contribution in [0.4, 0.5) is 0 Å². The van der Waals surface area contributed by atoms with Crippen molar-refractivity contribution in [2.24, 2.45) is 0 Å². The highest BCUT2D eigenvalue weighted by Crippen LogP contribution is 2.16. The van der Waals surface area contributed by atoms with Crippen LogP contribution in [0.25, 0.3) is 0 Å². The molecule has 0 aliphatic heterocycles. The monoisotopic (exact) mass is 1030 g/mol. The number of esters is 3. The third-order valence-electron chi connectivity index (χ3n) is 13.6. The molecule has 0 rings (SSSR count). The fourth-order valence-electron chi connectivity index (χ4n) is 8.92. The van der Waals surface area contributed by atoms with Crippen LogP contribution in [-0.2, 0) is 28.6 Å². The molecule has 1 unspecified atom stereocenters. The number of unbranched alkanes of at least 4 members (excludes halogenated alkanes) is 32. The highest BCUT2D eigenvalue weighted by Gasteiger charge is 2.19. The Bertz CT molecular complexity index is 1420. The van der Waals surface area contributed by atoms with Gasteiger partial charge in [-0.05, 0) is 89.9 Å². The molecule has 0 fully saturated rings. The summed E-state index contributed by atoms with van der Waals surface area (Å²) in [6, 6.07) is 0. The van der Waals surface area contributed by atoms with E-state index in [1.807, 2.05) is 0 Å². The summed E-state index contributed by atoms with van der Waals surface area (Å²) in [4.78, 5) is 38.2. The molecule has 0 aromatic rings. The Labute approximate surface area is 458 Å². The van der Waals surface area contributed by atoms with Crippen molar-refractivity contribution in [2.45, 2.75) is 316 Å². The SMILES string of the molecule is CC/C=C\C/C=C\C/C=C\C/C=C\C/C=C\CCCC(=O)OC(COC(=O)CCCCCCCCCCCCCC)COC(=O)CCCCCCCCCCCCCCCCC/C=C\C/C=C\CCCCCCC. The lowest BCUT2D eigenvalue weighted by molar-refractivity contribution is -0.167. The fourth-order valence-corrected chi connectivity index (χ4v) is 8.92. The van der Waals surface area contributed by atoms with Crippen LogP contribution in [-0.4, -0.2) is 37.2 Å². The van der Waals surface area contributed by atoms with Gasteiger partial charge in [0.05, 0.1) is 0 Å². The maximum absolute atomic E-state index is 12.8. The van der Waals surface area contributed by atoms with E-state index in [1.54, 1.807) is 0 Å². The van der Waals surface area contributed by atoms with Crippen molar-refractivity contribution in [3.05, 3.63) is 85.1 Å². The van der Waals surface area contributed by atoms with E-state index in [2.05, 4.69) is 106 Å². The Hall–Kier alpha value is -3.41. The molecular formula is C68H118O6. The molecule has 0 saturated heterocycles. The van der Waals surface area contributed by atoms with Crippen molar-refractivity contribution in [2.75, 3.05) is 13.2 Å². The van der Waals surface area contributed by atoms with Crippen LogP contribution in [0.3, 0.4) is 0 Å². The zero-order valence-electron chi connectivity index (χ0n) is 48.8. The predicted molar refractivity (Wildman–Crippen MR) is 321 cm³/mol. The van der Waals surface area contributed by atoms with Gasteiger partial charge in [0, 0.05) is 19.3 Å². The zero-order chi connectivity index (χ0) is 53.6. The summed E-state index contributed by atoms with van der Waals surface area (Å²) in [6.07, 6.45) is 81.7. The molecule has 0 aromatic heterocycles. The summed E-state index contributed by atoms with van der Waals surface area (Å²) in [5, 5.41) is 0. The van der Waals surface area contributed by atoms with Crippen LogP contribution < -0.4 is 0 Å². The molecular weight excluding hydrogens is 913 g/mol. The second-order valence-corrected chi connectivity index (χ2v) is 20.9. The van der Waals surface area contributed by atoms with Gasteiger partial charge in [-0.1, -0.05) is 286 Å². The molecule has 0 amide bonds. The van der Waals surface area contributed by atoms with Crippen LogP contribution in [0.5, 0.6) is 0 Å². The average Bonchev–Trinajstić information content (AvgIpc) is 3.40. The van der Waals surface area contributed by atoms with Crippen molar-refractivity contribution in [1.82, 2.24) is 0 Å². The van der Waals surface area contributed by atoms with Gasteiger partial charge >= 0.3 is 17.9 Å². The third-order valence-corrected chi connectivity index (χ3v) is 13.6. The van der Waals surface area contributed by atoms with E-state index in [1.165, 1.54) is 180 Å². The van der Waals surface area contributed by atoms with Crippen LogP contribution in [0, 0.1) is 0 Å². The first-order chi connectivity index (χ1) is 36.5. The van der Waals surface area contributed by atoms with Gasteiger partial charge in [-0.2, -0.15) is 0 Å². The van der Waals surface area contributed by atoms with E-state index in [9.17, 15) is 14.4 Å². The largest absolute Gasteiger partial charge is 0.462 e. The maximum Gasteiger partial charge on any atom is 0.306 e. The predicted octanol–water partition coefficient (Wildman–Crippen LogP) is 21.5. The first-order valence-corrected chi connectivity index (χ1v) is 31.6. The Morgan fingerprint density at radius 1 is 0.284 bits per heavy atom. The Morgan fingerprint density at radius 2 is 0.541 bits per heavy atom. The molecule has 0 aromatic carbocycles. The van der Waals surface area contributed by atoms with Crippen molar-refractivity contribution in [3.8, 4) is 0 Å². The number of carbonyl (C=O) groups excluding carboxylic acids is 3. The summed E-state index contributed by atoms with van der Waals surface area (Å²) in [5.74, 6) is -0.944. The molecule has 0 radical (unpaired) electrons. The lowest BCUT2D eigenvalue weighted by atomic mass is 10.0. The molecule has 6 nitrogen and oxygen atoms in total. The minimum absolute atomic E-state index is 0.0961. The summed E-state index contributed by atoms with van der Waals surface area (Å²) in [6.45, 7) is 6.49. The number of allylic oxidation sites excluding steroid dienone is 14. The van der Waals surface area contributed by atoms with Gasteiger partial charge < -0.3 is 14.2 Å². The van der Waals surface area contributed by atoms with E-state index in [-0.39, 0.29) is 37.5 Å². The molecule has 0 N–H and O–H groups in total. The number of rotatable bonds is 57. The molecule has 0 saturated carbocycles. The Kier molecular flexibility index (Phi) is 59.3. The van der Waals surface area contributed by atoms with Gasteiger partial charge in [-0.15, -0.1) is 0 Å². The normalized spacial score (nSPS) is 12.6. The minimum atomic E-state index is -0.805. The van der Waals surface area contributed by atoms with Gasteiger partial charge in [-0.25, -0.2) is 0 Å². The molecule has 0 aliphatic rings. The van der Waals surface area contributed by atoms with Gasteiger partial charge in [0.1, 0.15) is 13.2 Å². The first-order valence-electron chi connectivity index (χ1n) is 31.6. The second-order valence-electron chi connectivity index (χ2n) is 20.9. The van der Waals surface area contributed by atoms with Crippen molar-refractivity contribution < 1.29 is 28.6 Å². The van der Waals surface area contributed by atoms with E-state index in [0.717, 1.165) is 83.5 Å². The van der Waals surface area contributed by atoms with Crippen molar-refractivity contribution >= 4 is 17.9 Å². The highest BCUT2D eigenvalue weighted by atomic mass is 16.6. The number of hydrogen-bond acceptors (Lipinski definition) is 6. The summed E-state index contributed by atoms with van der Waals surface area (Å²) in [5.41, 5.74) is 0. The summed E-state index contributed by atoms with van der Waals surface area (Å²) < 4.78 is 16.8. The van der Waals surface area contributed by atoms with E-state index < -0.39 is 6.10 Å². The number of carbonyl (C=O) groups is 3. The molecule has 0 spiro atoms. The van der Waals surface area contributed by atoms with Gasteiger partial charge in [0.2, 0.25) is 0 Å². The molecule has 0 aliphatic carbocycles. The second kappa shape index (κ2) is 62.1. The molecule has 1 atom stereocenters. The molecule has 426 valence electrons. The average molecular weight is 1030 g/mol. The summed E-state index contributed by atoms with van der Waals surface area (Å²) in [7, 11) is 0. The third kappa shape index (κ3) is 59.5. The molecule has 6 heteroatoms. The van der Waals surface area contributed by atoms with Crippen LogP contribution >= 0.6 is 0 Å². The fraction of sp³-hybridized carbons (Fsp3) is 0.750. The summed E-state index contributed by atoms with van der Waals surface area (Å²) >= 11 is 0. The van der Waals surface area contributed by atoms with Gasteiger partial charge in [0.25, 0.3) is 0 Å². The lowest BCUT2D eigenvalue weighted by Crippen LogP contribution is -2.30. The van der Waals surface area contributed by atoms with Crippen LogP contribution in [0.2, 0.25) is 0 Å². The Morgan fingerprint density at radius 3 is 0.865 bits per heavy atom. The Balaban J connectivity index is 4.29. The van der Waals surface area contributed by atoms with Gasteiger partial charge in [0.15, 0.2) is 6.10 Å². The van der Waals surface area contributed by atoms with Gasteiger partial charge in [-0.3, -0.25) is 14.4 Å². The smallest absolute Gasteiger partial charge is 0.306 e. The van der Waals surface area contributed by atoms with Crippen LogP contribution in [0.1, 0.15) is 310 Å². The highest BCUT2D eigenvalue weighted by molar-refractivity contribution is 5.71. The molecule has 0 bridgehead atoms. The van der Waals surface area contributed by atoms with E-state index in [4.69, 9.17) is 14.2 Å². The topological polar surface area (TPSA) is 78.9 Å². The quantitative estimate of drug-likeness (QED) is 0.0261. The van der Waals surface area contributed by atoms with Crippen molar-refractivity contribution in [3.63, 3.8) is 0 Å². The lowest BCUT2D eigenvalue weighted by Gasteiger charge is -2.18. The van der Waals surface area contributed by atoms with E-state index in [0.29, 0.717) is 19.3 Å². The first kappa shape index (κ1) is 70.6. The maximum atomic E-state index is 12.8. The van der Waals surface area contributed by atoms with Crippen molar-refractivity contribution in [1.29, 1.82) is 0 Å². The van der Waals surface area contributed by atoms with Crippen LogP contribution in [0.15, 0.2) is 85.1 Å². The zero-order valence-corrected chi connectivity index (χ0v) is 48.8. The molecule has 74 heavy (non-hydrogen) atoms. The van der Waals surface area contributed by atoms with E-state index >= 15 is 0 Å².